The number of hydrogen-bond acceptors (Lipinski definition) is 2. The number of hydrogen-bond donors (Lipinski definition) is 0. The van der Waals surface area contributed by atoms with Crippen molar-refractivity contribution in [2.45, 2.75) is 0 Å². The Balaban J connectivity index is 1.38. The van der Waals surface area contributed by atoms with Crippen LogP contribution in [0.2, 0.25) is 0 Å². The third-order valence-electron chi connectivity index (χ3n) is 8.42. The zero-order valence-electron chi connectivity index (χ0n) is 22.6. The van der Waals surface area contributed by atoms with E-state index in [4.69, 9.17) is 4.98 Å². The molecule has 4 aromatic heterocycles. The van der Waals surface area contributed by atoms with E-state index in [0.29, 0.717) is 0 Å². The topological polar surface area (TPSA) is 35.6 Å². The molecule has 0 saturated carbocycles. The highest BCUT2D eigenvalue weighted by atomic mass is 15.1. The van der Waals surface area contributed by atoms with Crippen LogP contribution in [-0.4, -0.2) is 19.1 Å². The van der Waals surface area contributed by atoms with E-state index < -0.39 is 0 Å². The summed E-state index contributed by atoms with van der Waals surface area (Å²) in [6.45, 7) is 0. The summed E-state index contributed by atoms with van der Waals surface area (Å²) in [6, 6.07) is 47.4. The SMILES string of the molecule is c1ccc(-n2c3ccccc3c3c4ccc5c(c4ccc32)c2ccccc2n5-c2cccc(-c3ccncc3)n2)cc1. The average molecular weight is 537 g/mol. The van der Waals surface area contributed by atoms with Gasteiger partial charge in [-0.2, -0.15) is 0 Å². The van der Waals surface area contributed by atoms with Crippen molar-refractivity contribution in [2.75, 3.05) is 0 Å². The fourth-order valence-electron chi connectivity index (χ4n) is 6.67. The summed E-state index contributed by atoms with van der Waals surface area (Å²) in [5, 5.41) is 7.52. The number of aromatic nitrogens is 4. The predicted octanol–water partition coefficient (Wildman–Crippen LogP) is 9.49. The highest BCUT2D eigenvalue weighted by molar-refractivity contribution is 6.29. The second kappa shape index (κ2) is 8.88. The smallest absolute Gasteiger partial charge is 0.138 e. The third kappa shape index (κ3) is 3.23. The maximum atomic E-state index is 5.13. The van der Waals surface area contributed by atoms with Gasteiger partial charge in [0.15, 0.2) is 0 Å². The molecule has 0 aliphatic rings. The Morgan fingerprint density at radius 3 is 1.69 bits per heavy atom. The van der Waals surface area contributed by atoms with E-state index >= 15 is 0 Å². The molecule has 5 aromatic carbocycles. The molecule has 196 valence electrons. The van der Waals surface area contributed by atoms with Gasteiger partial charge in [-0.15, -0.1) is 0 Å². The second-order valence-electron chi connectivity index (χ2n) is 10.7. The molecule has 0 amide bonds. The minimum absolute atomic E-state index is 0.900. The number of pyridine rings is 2. The van der Waals surface area contributed by atoms with Gasteiger partial charge in [-0.1, -0.05) is 72.8 Å². The zero-order valence-corrected chi connectivity index (χ0v) is 22.6. The molecule has 0 aliphatic carbocycles. The average Bonchev–Trinajstić information content (AvgIpc) is 3.59. The first-order valence-electron chi connectivity index (χ1n) is 14.2. The molecule has 0 fully saturated rings. The van der Waals surface area contributed by atoms with Crippen molar-refractivity contribution < 1.29 is 0 Å². The molecular weight excluding hydrogens is 512 g/mol. The summed E-state index contributed by atoms with van der Waals surface area (Å²) in [5.74, 6) is 0.900. The van der Waals surface area contributed by atoms with Crippen molar-refractivity contribution in [3.8, 4) is 22.8 Å². The number of para-hydroxylation sites is 3. The molecule has 4 nitrogen and oxygen atoms in total. The molecule has 0 spiro atoms. The van der Waals surface area contributed by atoms with Gasteiger partial charge in [0.25, 0.3) is 0 Å². The minimum Gasteiger partial charge on any atom is -0.309 e. The quantitative estimate of drug-likeness (QED) is 0.225. The fourth-order valence-corrected chi connectivity index (χ4v) is 6.67. The van der Waals surface area contributed by atoms with Crippen LogP contribution in [0.4, 0.5) is 0 Å². The van der Waals surface area contributed by atoms with Gasteiger partial charge in [-0.05, 0) is 71.4 Å². The van der Waals surface area contributed by atoms with Crippen LogP contribution < -0.4 is 0 Å². The maximum Gasteiger partial charge on any atom is 0.138 e. The zero-order chi connectivity index (χ0) is 27.6. The molecule has 42 heavy (non-hydrogen) atoms. The van der Waals surface area contributed by atoms with Crippen molar-refractivity contribution in [3.63, 3.8) is 0 Å². The van der Waals surface area contributed by atoms with Gasteiger partial charge in [0, 0.05) is 45.2 Å². The van der Waals surface area contributed by atoms with Crippen molar-refractivity contribution in [3.05, 3.63) is 146 Å². The van der Waals surface area contributed by atoms with Crippen LogP contribution in [0.15, 0.2) is 146 Å². The first-order chi connectivity index (χ1) is 20.9. The Bertz CT molecular complexity index is 2450. The van der Waals surface area contributed by atoms with Crippen LogP contribution in [0.5, 0.6) is 0 Å². The van der Waals surface area contributed by atoms with E-state index in [1.165, 1.54) is 49.0 Å². The summed E-state index contributed by atoms with van der Waals surface area (Å²) in [6.07, 6.45) is 3.62. The number of nitrogens with zero attached hydrogens (tertiary/aromatic N) is 4. The van der Waals surface area contributed by atoms with Gasteiger partial charge in [0.1, 0.15) is 5.82 Å². The van der Waals surface area contributed by atoms with E-state index in [-0.39, 0.29) is 0 Å². The van der Waals surface area contributed by atoms with Crippen molar-refractivity contribution in [1.82, 2.24) is 19.1 Å². The summed E-state index contributed by atoms with van der Waals surface area (Å²) in [4.78, 5) is 9.30. The van der Waals surface area contributed by atoms with Gasteiger partial charge >= 0.3 is 0 Å². The van der Waals surface area contributed by atoms with E-state index in [0.717, 1.165) is 28.1 Å². The second-order valence-corrected chi connectivity index (χ2v) is 10.7. The van der Waals surface area contributed by atoms with E-state index in [9.17, 15) is 0 Å². The van der Waals surface area contributed by atoms with Gasteiger partial charge in [0.05, 0.1) is 27.8 Å². The van der Waals surface area contributed by atoms with Crippen LogP contribution in [0.25, 0.3) is 77.1 Å². The van der Waals surface area contributed by atoms with Crippen LogP contribution in [0.3, 0.4) is 0 Å². The molecular formula is C38H24N4. The summed E-state index contributed by atoms with van der Waals surface area (Å²) < 4.78 is 4.68. The Hall–Kier alpha value is -5.74. The molecule has 4 heterocycles. The lowest BCUT2D eigenvalue weighted by molar-refractivity contribution is 1.08. The van der Waals surface area contributed by atoms with E-state index in [2.05, 4.69) is 135 Å². The van der Waals surface area contributed by atoms with Crippen LogP contribution in [0.1, 0.15) is 0 Å². The fraction of sp³-hybridized carbons (Fsp3) is 0. The Morgan fingerprint density at radius 1 is 0.405 bits per heavy atom. The maximum absolute atomic E-state index is 5.13. The third-order valence-corrected chi connectivity index (χ3v) is 8.42. The largest absolute Gasteiger partial charge is 0.309 e. The molecule has 0 unspecified atom stereocenters. The first kappa shape index (κ1) is 23.0. The van der Waals surface area contributed by atoms with Gasteiger partial charge in [-0.25, -0.2) is 4.98 Å². The lowest BCUT2D eigenvalue weighted by Crippen LogP contribution is -1.98. The molecule has 9 rings (SSSR count). The predicted molar refractivity (Wildman–Crippen MR) is 174 cm³/mol. The summed E-state index contributed by atoms with van der Waals surface area (Å²) in [7, 11) is 0. The Kier molecular flexibility index (Phi) is 4.87. The van der Waals surface area contributed by atoms with Crippen molar-refractivity contribution in [1.29, 1.82) is 0 Å². The van der Waals surface area contributed by atoms with Crippen molar-refractivity contribution in [2.24, 2.45) is 0 Å². The number of rotatable bonds is 3. The molecule has 0 bridgehead atoms. The van der Waals surface area contributed by atoms with Crippen LogP contribution >= 0.6 is 0 Å². The number of benzene rings is 5. The summed E-state index contributed by atoms with van der Waals surface area (Å²) in [5.41, 5.74) is 7.86. The molecule has 0 radical (unpaired) electrons. The molecule has 0 aliphatic heterocycles. The first-order valence-corrected chi connectivity index (χ1v) is 14.2. The van der Waals surface area contributed by atoms with E-state index in [1.54, 1.807) is 0 Å². The molecule has 0 N–H and O–H groups in total. The highest BCUT2D eigenvalue weighted by Gasteiger charge is 2.19. The molecule has 4 heteroatoms. The number of fused-ring (bicyclic) bond motifs is 9. The Morgan fingerprint density at radius 2 is 1.00 bits per heavy atom. The molecule has 9 aromatic rings. The Labute approximate surface area is 241 Å². The van der Waals surface area contributed by atoms with Crippen molar-refractivity contribution >= 4 is 54.4 Å². The molecule has 0 saturated heterocycles. The molecule has 0 atom stereocenters. The van der Waals surface area contributed by atoms with Gasteiger partial charge in [-0.3, -0.25) is 9.55 Å². The lowest BCUT2D eigenvalue weighted by atomic mass is 9.99. The van der Waals surface area contributed by atoms with Crippen LogP contribution in [0, 0.1) is 0 Å². The van der Waals surface area contributed by atoms with Gasteiger partial charge < -0.3 is 4.57 Å². The normalized spacial score (nSPS) is 11.8. The monoisotopic (exact) mass is 536 g/mol. The highest BCUT2D eigenvalue weighted by Crippen LogP contribution is 2.42. The minimum atomic E-state index is 0.900. The standard InChI is InChI=1S/C38H24N4/c1-2-9-26(10-3-1)41-32-14-6-4-11-29(32)37-27-18-20-35-38(28(27)17-19-34(37)41)30-12-5-7-15-33(30)42(35)36-16-8-13-31(40-36)25-21-23-39-24-22-25/h1-24H. The lowest BCUT2D eigenvalue weighted by Gasteiger charge is -2.10. The van der Waals surface area contributed by atoms with Crippen LogP contribution in [-0.2, 0) is 0 Å². The summed E-state index contributed by atoms with van der Waals surface area (Å²) >= 11 is 0. The van der Waals surface area contributed by atoms with Gasteiger partial charge in [0.2, 0.25) is 0 Å². The van der Waals surface area contributed by atoms with E-state index in [1.807, 2.05) is 24.5 Å².